The molecule has 27 heavy (non-hydrogen) atoms. The zero-order valence-electron chi connectivity index (χ0n) is 15.2. The number of anilines is 1. The van der Waals surface area contributed by atoms with Crippen molar-refractivity contribution in [1.82, 2.24) is 4.98 Å². The minimum atomic E-state index is 0.763. The second kappa shape index (κ2) is 9.24. The SMILES string of the molecule is COc1ccc(CN(Cc2ccc(OC)cc2)c2cc(Br)nc(Br)c2)cc1. The number of hydrogen-bond donors (Lipinski definition) is 0. The molecule has 0 aliphatic rings. The van der Waals surface area contributed by atoms with Crippen LogP contribution in [0.15, 0.2) is 69.9 Å². The summed E-state index contributed by atoms with van der Waals surface area (Å²) < 4.78 is 12.1. The van der Waals surface area contributed by atoms with Crippen LogP contribution >= 0.6 is 31.9 Å². The maximum Gasteiger partial charge on any atom is 0.118 e. The van der Waals surface area contributed by atoms with Crippen LogP contribution in [0.4, 0.5) is 5.69 Å². The van der Waals surface area contributed by atoms with E-state index in [0.717, 1.165) is 39.5 Å². The van der Waals surface area contributed by atoms with E-state index in [0.29, 0.717) is 0 Å². The molecule has 1 heterocycles. The van der Waals surface area contributed by atoms with Crippen molar-refractivity contribution in [1.29, 1.82) is 0 Å². The van der Waals surface area contributed by atoms with Crippen molar-refractivity contribution >= 4 is 37.5 Å². The normalized spacial score (nSPS) is 10.5. The number of pyridine rings is 1. The average molecular weight is 492 g/mol. The molecule has 0 fully saturated rings. The molecule has 3 aromatic rings. The molecule has 2 aromatic carbocycles. The second-order valence-electron chi connectivity index (χ2n) is 6.02. The first-order valence-electron chi connectivity index (χ1n) is 8.41. The molecule has 0 aliphatic heterocycles. The first-order valence-corrected chi connectivity index (χ1v) is 10.00. The van der Waals surface area contributed by atoms with Gasteiger partial charge in [-0.15, -0.1) is 0 Å². The molecule has 0 aliphatic carbocycles. The van der Waals surface area contributed by atoms with Crippen molar-refractivity contribution in [2.45, 2.75) is 13.1 Å². The van der Waals surface area contributed by atoms with E-state index in [9.17, 15) is 0 Å². The van der Waals surface area contributed by atoms with Gasteiger partial charge in [-0.1, -0.05) is 24.3 Å². The van der Waals surface area contributed by atoms with Crippen molar-refractivity contribution in [3.05, 3.63) is 81.0 Å². The number of aromatic nitrogens is 1. The van der Waals surface area contributed by atoms with Crippen molar-refractivity contribution in [2.75, 3.05) is 19.1 Å². The molecule has 0 saturated heterocycles. The van der Waals surface area contributed by atoms with Gasteiger partial charge in [0.15, 0.2) is 0 Å². The van der Waals surface area contributed by atoms with E-state index in [4.69, 9.17) is 9.47 Å². The van der Waals surface area contributed by atoms with Gasteiger partial charge < -0.3 is 14.4 Å². The first kappa shape index (κ1) is 19.7. The van der Waals surface area contributed by atoms with Crippen LogP contribution in [0.1, 0.15) is 11.1 Å². The number of hydrogen-bond acceptors (Lipinski definition) is 4. The van der Waals surface area contributed by atoms with Gasteiger partial charge in [-0.05, 0) is 79.4 Å². The Hall–Kier alpha value is -2.05. The van der Waals surface area contributed by atoms with Crippen LogP contribution in [0.5, 0.6) is 11.5 Å². The van der Waals surface area contributed by atoms with E-state index >= 15 is 0 Å². The Morgan fingerprint density at radius 1 is 0.741 bits per heavy atom. The number of nitrogens with zero attached hydrogens (tertiary/aromatic N) is 2. The lowest BCUT2D eigenvalue weighted by Crippen LogP contribution is -2.22. The van der Waals surface area contributed by atoms with E-state index in [1.165, 1.54) is 11.1 Å². The summed E-state index contributed by atoms with van der Waals surface area (Å²) in [6, 6.07) is 20.3. The average Bonchev–Trinajstić information content (AvgIpc) is 2.68. The molecule has 6 heteroatoms. The van der Waals surface area contributed by atoms with Crippen LogP contribution in [0.2, 0.25) is 0 Å². The van der Waals surface area contributed by atoms with Crippen LogP contribution in [0.3, 0.4) is 0 Å². The molecule has 0 saturated carbocycles. The summed E-state index contributed by atoms with van der Waals surface area (Å²) in [5.74, 6) is 1.71. The predicted octanol–water partition coefficient (Wildman–Crippen LogP) is 5.83. The fraction of sp³-hybridized carbons (Fsp3) is 0.190. The Balaban J connectivity index is 1.88. The highest BCUT2D eigenvalue weighted by atomic mass is 79.9. The highest BCUT2D eigenvalue weighted by Crippen LogP contribution is 2.27. The largest absolute Gasteiger partial charge is 0.497 e. The number of methoxy groups -OCH3 is 2. The van der Waals surface area contributed by atoms with Crippen molar-refractivity contribution in [3.63, 3.8) is 0 Å². The Morgan fingerprint density at radius 3 is 1.52 bits per heavy atom. The van der Waals surface area contributed by atoms with Crippen LogP contribution in [-0.4, -0.2) is 19.2 Å². The van der Waals surface area contributed by atoms with Gasteiger partial charge in [-0.3, -0.25) is 0 Å². The smallest absolute Gasteiger partial charge is 0.118 e. The summed E-state index contributed by atoms with van der Waals surface area (Å²) in [4.78, 5) is 6.66. The van der Waals surface area contributed by atoms with Crippen LogP contribution in [0.25, 0.3) is 0 Å². The summed E-state index contributed by atoms with van der Waals surface area (Å²) in [5.41, 5.74) is 3.48. The highest BCUT2D eigenvalue weighted by Gasteiger charge is 2.11. The van der Waals surface area contributed by atoms with E-state index in [2.05, 4.69) is 66.0 Å². The summed E-state index contributed by atoms with van der Waals surface area (Å²) in [6.45, 7) is 1.53. The second-order valence-corrected chi connectivity index (χ2v) is 7.65. The minimum Gasteiger partial charge on any atom is -0.497 e. The number of benzene rings is 2. The van der Waals surface area contributed by atoms with E-state index in [1.807, 2.05) is 36.4 Å². The van der Waals surface area contributed by atoms with Gasteiger partial charge in [0.1, 0.15) is 20.7 Å². The maximum absolute atomic E-state index is 5.26. The predicted molar refractivity (Wildman–Crippen MR) is 116 cm³/mol. The molecule has 0 bridgehead atoms. The summed E-state index contributed by atoms with van der Waals surface area (Å²) >= 11 is 6.98. The van der Waals surface area contributed by atoms with Gasteiger partial charge in [0, 0.05) is 18.8 Å². The Kier molecular flexibility index (Phi) is 6.74. The van der Waals surface area contributed by atoms with Crippen molar-refractivity contribution < 1.29 is 9.47 Å². The van der Waals surface area contributed by atoms with Crippen LogP contribution in [-0.2, 0) is 13.1 Å². The quantitative estimate of drug-likeness (QED) is 0.389. The van der Waals surface area contributed by atoms with Crippen molar-refractivity contribution in [3.8, 4) is 11.5 Å². The molecule has 0 unspecified atom stereocenters. The molecule has 140 valence electrons. The lowest BCUT2D eigenvalue weighted by Gasteiger charge is -2.26. The Bertz CT molecular complexity index is 814. The maximum atomic E-state index is 5.26. The van der Waals surface area contributed by atoms with Gasteiger partial charge >= 0.3 is 0 Å². The Morgan fingerprint density at radius 2 is 1.15 bits per heavy atom. The molecule has 0 atom stereocenters. The summed E-state index contributed by atoms with van der Waals surface area (Å²) in [7, 11) is 3.36. The summed E-state index contributed by atoms with van der Waals surface area (Å²) in [5, 5.41) is 0. The molecule has 0 spiro atoms. The molecular weight excluding hydrogens is 472 g/mol. The lowest BCUT2D eigenvalue weighted by molar-refractivity contribution is 0.414. The number of ether oxygens (including phenoxy) is 2. The van der Waals surface area contributed by atoms with E-state index in [-0.39, 0.29) is 0 Å². The van der Waals surface area contributed by atoms with Gasteiger partial charge in [-0.2, -0.15) is 0 Å². The highest BCUT2D eigenvalue weighted by molar-refractivity contribution is 9.11. The fourth-order valence-electron chi connectivity index (χ4n) is 2.78. The zero-order chi connectivity index (χ0) is 19.2. The third-order valence-electron chi connectivity index (χ3n) is 4.18. The van der Waals surface area contributed by atoms with Crippen LogP contribution < -0.4 is 14.4 Å². The molecule has 0 amide bonds. The van der Waals surface area contributed by atoms with Gasteiger partial charge in [0.2, 0.25) is 0 Å². The molecule has 3 rings (SSSR count). The third kappa shape index (κ3) is 5.47. The summed E-state index contributed by atoms with van der Waals surface area (Å²) in [6.07, 6.45) is 0. The molecule has 1 aromatic heterocycles. The van der Waals surface area contributed by atoms with Gasteiger partial charge in [0.25, 0.3) is 0 Å². The van der Waals surface area contributed by atoms with Crippen LogP contribution in [0, 0.1) is 0 Å². The zero-order valence-corrected chi connectivity index (χ0v) is 18.3. The Labute approximate surface area is 176 Å². The van der Waals surface area contributed by atoms with Crippen molar-refractivity contribution in [2.24, 2.45) is 0 Å². The minimum absolute atomic E-state index is 0.763. The molecule has 4 nitrogen and oxygen atoms in total. The topological polar surface area (TPSA) is 34.6 Å². The number of halogens is 2. The molecular formula is C21H20Br2N2O2. The molecule has 0 radical (unpaired) electrons. The first-order chi connectivity index (χ1) is 13.1. The monoisotopic (exact) mass is 490 g/mol. The van der Waals surface area contributed by atoms with E-state index in [1.54, 1.807) is 14.2 Å². The fourth-order valence-corrected chi connectivity index (χ4v) is 3.87. The third-order valence-corrected chi connectivity index (χ3v) is 4.99. The number of rotatable bonds is 7. The lowest BCUT2D eigenvalue weighted by atomic mass is 10.1. The van der Waals surface area contributed by atoms with Gasteiger partial charge in [0.05, 0.1) is 14.2 Å². The van der Waals surface area contributed by atoms with Gasteiger partial charge in [-0.25, -0.2) is 4.98 Å². The standard InChI is InChI=1S/C21H20Br2N2O2/c1-26-18-7-3-15(4-8-18)13-25(17-11-20(22)24-21(23)12-17)14-16-5-9-19(27-2)10-6-16/h3-12H,13-14H2,1-2H3. The molecule has 0 N–H and O–H groups in total. The van der Waals surface area contributed by atoms with E-state index < -0.39 is 0 Å².